The Morgan fingerprint density at radius 2 is 2.11 bits per heavy atom. The average molecular weight is 272 g/mol. The Morgan fingerprint density at radius 3 is 2.63 bits per heavy atom. The summed E-state index contributed by atoms with van der Waals surface area (Å²) in [4.78, 5) is 22.5. The first-order chi connectivity index (χ1) is 9.00. The fourth-order valence-electron chi connectivity index (χ4n) is 2.08. The van der Waals surface area contributed by atoms with Crippen LogP contribution in [0.3, 0.4) is 0 Å². The van der Waals surface area contributed by atoms with E-state index in [4.69, 9.17) is 9.84 Å². The molecule has 0 aromatic rings. The van der Waals surface area contributed by atoms with Crippen LogP contribution in [-0.4, -0.2) is 43.4 Å². The number of hydrogen-bond acceptors (Lipinski definition) is 3. The fraction of sp³-hybridized carbons (Fsp3) is 0.846. The number of ether oxygens (including phenoxy) is 1. The molecule has 110 valence electrons. The zero-order chi connectivity index (χ0) is 14.3. The third-order valence-electron chi connectivity index (χ3n) is 3.41. The van der Waals surface area contributed by atoms with E-state index in [-0.39, 0.29) is 18.5 Å². The molecule has 0 radical (unpaired) electrons. The van der Waals surface area contributed by atoms with Crippen LogP contribution >= 0.6 is 0 Å². The van der Waals surface area contributed by atoms with Gasteiger partial charge in [-0.05, 0) is 24.7 Å². The molecule has 2 unspecified atom stereocenters. The summed E-state index contributed by atoms with van der Waals surface area (Å²) < 4.78 is 5.33. The van der Waals surface area contributed by atoms with Gasteiger partial charge in [-0.25, -0.2) is 4.79 Å². The molecule has 0 aromatic heterocycles. The van der Waals surface area contributed by atoms with Crippen LogP contribution in [0.4, 0.5) is 4.79 Å². The molecule has 1 aliphatic heterocycles. The molecule has 0 aromatic carbocycles. The Labute approximate surface area is 113 Å². The maximum Gasteiger partial charge on any atom is 0.314 e. The van der Waals surface area contributed by atoms with Crippen LogP contribution in [0.15, 0.2) is 0 Å². The highest BCUT2D eigenvalue weighted by molar-refractivity contribution is 5.75. The predicted molar refractivity (Wildman–Crippen MR) is 70.9 cm³/mol. The lowest BCUT2D eigenvalue weighted by Crippen LogP contribution is -2.43. The standard InChI is InChI=1S/C13H24N2O4/c1-9(2)11(12(16)17)7-15-13(18)14-6-10-4-3-5-19-8-10/h9-11H,3-8H2,1-2H3,(H,16,17)(H2,14,15,18). The van der Waals surface area contributed by atoms with Crippen LogP contribution in [0.25, 0.3) is 0 Å². The van der Waals surface area contributed by atoms with E-state index in [1.165, 1.54) is 0 Å². The van der Waals surface area contributed by atoms with Gasteiger partial charge >= 0.3 is 12.0 Å². The lowest BCUT2D eigenvalue weighted by molar-refractivity contribution is -0.142. The summed E-state index contributed by atoms with van der Waals surface area (Å²) >= 11 is 0. The number of carbonyl (C=O) groups excluding carboxylic acids is 1. The largest absolute Gasteiger partial charge is 0.481 e. The summed E-state index contributed by atoms with van der Waals surface area (Å²) in [5.74, 6) is -1.08. The molecule has 1 saturated heterocycles. The molecule has 2 amide bonds. The maximum atomic E-state index is 11.6. The molecule has 0 bridgehead atoms. The van der Waals surface area contributed by atoms with Crippen molar-refractivity contribution in [1.29, 1.82) is 0 Å². The number of amides is 2. The van der Waals surface area contributed by atoms with Crippen molar-refractivity contribution in [3.8, 4) is 0 Å². The maximum absolute atomic E-state index is 11.6. The minimum absolute atomic E-state index is 0.00968. The zero-order valence-corrected chi connectivity index (χ0v) is 11.6. The van der Waals surface area contributed by atoms with Crippen molar-refractivity contribution in [2.75, 3.05) is 26.3 Å². The van der Waals surface area contributed by atoms with Crippen LogP contribution in [0, 0.1) is 17.8 Å². The molecular formula is C13H24N2O4. The van der Waals surface area contributed by atoms with E-state index in [9.17, 15) is 9.59 Å². The van der Waals surface area contributed by atoms with Gasteiger partial charge in [0.15, 0.2) is 0 Å². The molecule has 1 fully saturated rings. The molecule has 1 aliphatic rings. The Morgan fingerprint density at radius 1 is 1.37 bits per heavy atom. The van der Waals surface area contributed by atoms with E-state index in [0.717, 1.165) is 19.4 Å². The topological polar surface area (TPSA) is 87.7 Å². The highest BCUT2D eigenvalue weighted by Gasteiger charge is 2.22. The van der Waals surface area contributed by atoms with E-state index >= 15 is 0 Å². The summed E-state index contributed by atoms with van der Waals surface area (Å²) in [5.41, 5.74) is 0. The second-order valence-electron chi connectivity index (χ2n) is 5.36. The van der Waals surface area contributed by atoms with Gasteiger partial charge in [0, 0.05) is 19.7 Å². The van der Waals surface area contributed by atoms with Crippen LogP contribution in [-0.2, 0) is 9.53 Å². The molecule has 0 spiro atoms. The number of carbonyl (C=O) groups is 2. The first-order valence-corrected chi connectivity index (χ1v) is 6.83. The average Bonchev–Trinajstić information content (AvgIpc) is 2.37. The zero-order valence-electron chi connectivity index (χ0n) is 11.6. The van der Waals surface area contributed by atoms with Crippen molar-refractivity contribution in [2.24, 2.45) is 17.8 Å². The van der Waals surface area contributed by atoms with Crippen molar-refractivity contribution >= 4 is 12.0 Å². The molecule has 6 nitrogen and oxygen atoms in total. The molecule has 1 rings (SSSR count). The molecular weight excluding hydrogens is 248 g/mol. The first kappa shape index (κ1) is 15.8. The van der Waals surface area contributed by atoms with Crippen molar-refractivity contribution < 1.29 is 19.4 Å². The summed E-state index contributed by atoms with van der Waals surface area (Å²) in [7, 11) is 0. The van der Waals surface area contributed by atoms with Gasteiger partial charge < -0.3 is 20.5 Å². The molecule has 0 saturated carbocycles. The molecule has 6 heteroatoms. The highest BCUT2D eigenvalue weighted by atomic mass is 16.5. The Hall–Kier alpha value is -1.30. The van der Waals surface area contributed by atoms with E-state index < -0.39 is 11.9 Å². The van der Waals surface area contributed by atoms with Crippen LogP contribution in [0.2, 0.25) is 0 Å². The minimum atomic E-state index is -0.879. The van der Waals surface area contributed by atoms with E-state index in [1.807, 2.05) is 13.8 Å². The Kier molecular flexibility index (Phi) is 6.62. The van der Waals surface area contributed by atoms with Crippen molar-refractivity contribution in [2.45, 2.75) is 26.7 Å². The van der Waals surface area contributed by atoms with E-state index in [2.05, 4.69) is 10.6 Å². The van der Waals surface area contributed by atoms with Gasteiger partial charge in [0.25, 0.3) is 0 Å². The minimum Gasteiger partial charge on any atom is -0.481 e. The smallest absolute Gasteiger partial charge is 0.314 e. The Balaban J connectivity index is 2.21. The number of urea groups is 1. The number of aliphatic carboxylic acids is 1. The third-order valence-corrected chi connectivity index (χ3v) is 3.41. The molecule has 3 N–H and O–H groups in total. The quantitative estimate of drug-likeness (QED) is 0.675. The second-order valence-corrected chi connectivity index (χ2v) is 5.36. The molecule has 2 atom stereocenters. The SMILES string of the molecule is CC(C)C(CNC(=O)NCC1CCCOC1)C(=O)O. The summed E-state index contributed by atoms with van der Waals surface area (Å²) in [6.45, 7) is 5.88. The van der Waals surface area contributed by atoms with Gasteiger partial charge in [0.1, 0.15) is 0 Å². The Bertz CT molecular complexity index is 301. The fourth-order valence-corrected chi connectivity index (χ4v) is 2.08. The molecule has 19 heavy (non-hydrogen) atoms. The number of carboxylic acid groups (broad SMARTS) is 1. The lowest BCUT2D eigenvalue weighted by atomic mass is 9.96. The lowest BCUT2D eigenvalue weighted by Gasteiger charge is -2.22. The van der Waals surface area contributed by atoms with Crippen molar-refractivity contribution in [1.82, 2.24) is 10.6 Å². The molecule has 1 heterocycles. The highest BCUT2D eigenvalue weighted by Crippen LogP contribution is 2.12. The van der Waals surface area contributed by atoms with Crippen molar-refractivity contribution in [3.05, 3.63) is 0 Å². The van der Waals surface area contributed by atoms with Gasteiger partial charge in [0.05, 0.1) is 12.5 Å². The monoisotopic (exact) mass is 272 g/mol. The van der Waals surface area contributed by atoms with Crippen LogP contribution in [0.1, 0.15) is 26.7 Å². The normalized spacial score (nSPS) is 20.9. The third kappa shape index (κ3) is 5.92. The predicted octanol–water partition coefficient (Wildman–Crippen LogP) is 1.07. The molecule has 0 aliphatic carbocycles. The first-order valence-electron chi connectivity index (χ1n) is 6.83. The van der Waals surface area contributed by atoms with Crippen LogP contribution < -0.4 is 10.6 Å². The number of hydrogen-bond donors (Lipinski definition) is 3. The number of rotatable bonds is 6. The van der Waals surface area contributed by atoms with Gasteiger partial charge in [-0.3, -0.25) is 4.79 Å². The van der Waals surface area contributed by atoms with Gasteiger partial charge in [-0.2, -0.15) is 0 Å². The van der Waals surface area contributed by atoms with Crippen molar-refractivity contribution in [3.63, 3.8) is 0 Å². The van der Waals surface area contributed by atoms with Gasteiger partial charge in [0.2, 0.25) is 0 Å². The van der Waals surface area contributed by atoms with E-state index in [1.54, 1.807) is 0 Å². The summed E-state index contributed by atoms with van der Waals surface area (Å²) in [5, 5.41) is 14.4. The summed E-state index contributed by atoms with van der Waals surface area (Å²) in [6, 6.07) is -0.308. The summed E-state index contributed by atoms with van der Waals surface area (Å²) in [6.07, 6.45) is 2.09. The van der Waals surface area contributed by atoms with Gasteiger partial charge in [-0.15, -0.1) is 0 Å². The van der Waals surface area contributed by atoms with E-state index in [0.29, 0.717) is 19.1 Å². The van der Waals surface area contributed by atoms with Gasteiger partial charge in [-0.1, -0.05) is 13.8 Å². The second kappa shape index (κ2) is 7.99. The number of carboxylic acids is 1. The number of nitrogens with one attached hydrogen (secondary N) is 2. The van der Waals surface area contributed by atoms with Crippen LogP contribution in [0.5, 0.6) is 0 Å².